The Hall–Kier alpha value is -2.21. The molecule has 126 valence electrons. The Balaban J connectivity index is 1.92. The van der Waals surface area contributed by atoms with Gasteiger partial charge in [0.15, 0.2) is 11.5 Å². The number of amides is 1. The minimum absolute atomic E-state index is 0.0506. The molecule has 1 aliphatic heterocycles. The Labute approximate surface area is 144 Å². The molecule has 2 aromatic rings. The average molecular weight is 347 g/mol. The van der Waals surface area contributed by atoms with Gasteiger partial charge in [-0.15, -0.1) is 11.8 Å². The second kappa shape index (κ2) is 7.13. The van der Waals surface area contributed by atoms with E-state index in [4.69, 9.17) is 4.74 Å². The highest BCUT2D eigenvalue weighted by Crippen LogP contribution is 2.39. The standard InChI is InChI=1S/C18H18FNO3S/c1-23-18-14(7-4-12-2-5-13(19)6-3-12)15(8-9-16(18)21)20-11-24-10-17(20)22/h2-3,5-6,8-9,21H,4,7,10-11H2,1H3. The molecule has 1 saturated heterocycles. The first-order valence-electron chi connectivity index (χ1n) is 7.61. The van der Waals surface area contributed by atoms with Crippen LogP contribution in [0, 0.1) is 5.82 Å². The van der Waals surface area contributed by atoms with Crippen LogP contribution >= 0.6 is 11.8 Å². The molecule has 24 heavy (non-hydrogen) atoms. The molecule has 0 spiro atoms. The Morgan fingerprint density at radius 2 is 1.96 bits per heavy atom. The zero-order chi connectivity index (χ0) is 17.1. The van der Waals surface area contributed by atoms with Crippen molar-refractivity contribution >= 4 is 23.4 Å². The van der Waals surface area contributed by atoms with Crippen LogP contribution in [0.1, 0.15) is 11.1 Å². The third-order valence-corrected chi connectivity index (χ3v) is 4.93. The molecule has 1 aliphatic rings. The van der Waals surface area contributed by atoms with E-state index in [0.717, 1.165) is 16.8 Å². The molecule has 6 heteroatoms. The minimum atomic E-state index is -0.269. The van der Waals surface area contributed by atoms with Gasteiger partial charge in [-0.25, -0.2) is 4.39 Å². The number of aromatic hydroxyl groups is 1. The molecule has 1 heterocycles. The minimum Gasteiger partial charge on any atom is -0.504 e. The van der Waals surface area contributed by atoms with Crippen molar-refractivity contribution in [2.24, 2.45) is 0 Å². The van der Waals surface area contributed by atoms with Gasteiger partial charge in [0.1, 0.15) is 5.82 Å². The van der Waals surface area contributed by atoms with Crippen molar-refractivity contribution in [3.8, 4) is 11.5 Å². The number of hydrogen-bond donors (Lipinski definition) is 1. The highest BCUT2D eigenvalue weighted by Gasteiger charge is 2.26. The Morgan fingerprint density at radius 1 is 1.21 bits per heavy atom. The summed E-state index contributed by atoms with van der Waals surface area (Å²) in [4.78, 5) is 13.8. The van der Waals surface area contributed by atoms with E-state index in [-0.39, 0.29) is 17.5 Å². The molecule has 0 radical (unpaired) electrons. The zero-order valence-corrected chi connectivity index (χ0v) is 14.1. The van der Waals surface area contributed by atoms with E-state index in [1.54, 1.807) is 40.9 Å². The van der Waals surface area contributed by atoms with Crippen LogP contribution < -0.4 is 9.64 Å². The van der Waals surface area contributed by atoms with E-state index in [1.165, 1.54) is 19.2 Å². The number of thioether (sulfide) groups is 1. The Morgan fingerprint density at radius 3 is 2.58 bits per heavy atom. The summed E-state index contributed by atoms with van der Waals surface area (Å²) in [5, 5.41) is 10.1. The molecule has 0 aliphatic carbocycles. The van der Waals surface area contributed by atoms with Crippen LogP contribution in [-0.2, 0) is 17.6 Å². The van der Waals surface area contributed by atoms with Gasteiger partial charge in [0, 0.05) is 5.56 Å². The summed E-state index contributed by atoms with van der Waals surface area (Å²) in [5.41, 5.74) is 2.54. The lowest BCUT2D eigenvalue weighted by molar-refractivity contribution is -0.115. The van der Waals surface area contributed by atoms with Gasteiger partial charge in [0.2, 0.25) is 5.91 Å². The molecule has 0 aromatic heterocycles. The van der Waals surface area contributed by atoms with Gasteiger partial charge in [-0.3, -0.25) is 4.79 Å². The molecule has 0 unspecified atom stereocenters. The highest BCUT2D eigenvalue weighted by atomic mass is 32.2. The number of carbonyl (C=O) groups is 1. The molecule has 1 N–H and O–H groups in total. The van der Waals surface area contributed by atoms with Crippen molar-refractivity contribution in [2.75, 3.05) is 23.6 Å². The van der Waals surface area contributed by atoms with Crippen LogP contribution in [0.3, 0.4) is 0 Å². The summed E-state index contributed by atoms with van der Waals surface area (Å²) in [6, 6.07) is 9.63. The number of phenolic OH excluding ortho intramolecular Hbond substituents is 1. The number of carbonyl (C=O) groups excluding carboxylic acids is 1. The largest absolute Gasteiger partial charge is 0.504 e. The average Bonchev–Trinajstić information content (AvgIpc) is 3.00. The van der Waals surface area contributed by atoms with Crippen LogP contribution in [0.2, 0.25) is 0 Å². The molecule has 1 amide bonds. The van der Waals surface area contributed by atoms with Crippen molar-refractivity contribution in [3.63, 3.8) is 0 Å². The molecule has 3 rings (SSSR count). The third-order valence-electron chi connectivity index (χ3n) is 4.03. The fourth-order valence-corrected chi connectivity index (χ4v) is 3.71. The number of hydrogen-bond acceptors (Lipinski definition) is 4. The monoisotopic (exact) mass is 347 g/mol. The van der Waals surface area contributed by atoms with Crippen molar-refractivity contribution < 1.29 is 19.0 Å². The van der Waals surface area contributed by atoms with Crippen LogP contribution in [0.5, 0.6) is 11.5 Å². The quantitative estimate of drug-likeness (QED) is 0.901. The van der Waals surface area contributed by atoms with Gasteiger partial charge in [-0.05, 0) is 42.7 Å². The number of aryl methyl sites for hydroxylation is 1. The Kier molecular flexibility index (Phi) is 4.94. The highest BCUT2D eigenvalue weighted by molar-refractivity contribution is 8.00. The second-order valence-corrected chi connectivity index (χ2v) is 6.50. The molecule has 1 fully saturated rings. The summed E-state index contributed by atoms with van der Waals surface area (Å²) in [7, 11) is 1.50. The lowest BCUT2D eigenvalue weighted by Gasteiger charge is -2.22. The van der Waals surface area contributed by atoms with Crippen LogP contribution in [0.4, 0.5) is 10.1 Å². The van der Waals surface area contributed by atoms with E-state index in [1.807, 2.05) is 0 Å². The van der Waals surface area contributed by atoms with Crippen LogP contribution in [-0.4, -0.2) is 29.8 Å². The first-order valence-corrected chi connectivity index (χ1v) is 8.77. The number of phenols is 1. The summed E-state index contributed by atoms with van der Waals surface area (Å²) in [5.74, 6) is 1.27. The smallest absolute Gasteiger partial charge is 0.237 e. The Bertz CT molecular complexity index is 749. The van der Waals surface area contributed by atoms with E-state index >= 15 is 0 Å². The maximum Gasteiger partial charge on any atom is 0.237 e. The predicted octanol–water partition coefficient (Wildman–Crippen LogP) is 3.36. The van der Waals surface area contributed by atoms with E-state index in [9.17, 15) is 14.3 Å². The molecule has 0 saturated carbocycles. The van der Waals surface area contributed by atoms with Gasteiger partial charge in [-0.2, -0.15) is 0 Å². The maximum absolute atomic E-state index is 13.0. The zero-order valence-electron chi connectivity index (χ0n) is 13.3. The molecule has 2 aromatic carbocycles. The second-order valence-electron chi connectivity index (χ2n) is 5.54. The SMILES string of the molecule is COc1c(O)ccc(N2CSCC2=O)c1CCc1ccc(F)cc1. The van der Waals surface area contributed by atoms with Gasteiger partial charge >= 0.3 is 0 Å². The number of nitrogens with zero attached hydrogens (tertiary/aromatic N) is 1. The molecule has 4 nitrogen and oxygen atoms in total. The van der Waals surface area contributed by atoms with E-state index in [0.29, 0.717) is 30.2 Å². The summed E-state index contributed by atoms with van der Waals surface area (Å²) in [6.45, 7) is 0. The van der Waals surface area contributed by atoms with Crippen LogP contribution in [0.15, 0.2) is 36.4 Å². The van der Waals surface area contributed by atoms with Crippen LogP contribution in [0.25, 0.3) is 0 Å². The normalized spacial score (nSPS) is 14.2. The maximum atomic E-state index is 13.0. The number of halogens is 1. The topological polar surface area (TPSA) is 49.8 Å². The number of benzene rings is 2. The van der Waals surface area contributed by atoms with Gasteiger partial charge in [-0.1, -0.05) is 12.1 Å². The van der Waals surface area contributed by atoms with Crippen molar-refractivity contribution in [2.45, 2.75) is 12.8 Å². The molecule has 0 bridgehead atoms. The summed E-state index contributed by atoms with van der Waals surface area (Å²) >= 11 is 1.56. The number of rotatable bonds is 5. The van der Waals surface area contributed by atoms with E-state index < -0.39 is 0 Å². The number of methoxy groups -OCH3 is 1. The summed E-state index contributed by atoms with van der Waals surface area (Å²) < 4.78 is 18.4. The third kappa shape index (κ3) is 3.33. The number of ether oxygens (including phenoxy) is 1. The molecular weight excluding hydrogens is 329 g/mol. The lowest BCUT2D eigenvalue weighted by atomic mass is 10.0. The van der Waals surface area contributed by atoms with Crippen molar-refractivity contribution in [3.05, 3.63) is 53.3 Å². The van der Waals surface area contributed by atoms with Gasteiger partial charge in [0.05, 0.1) is 24.4 Å². The fourth-order valence-electron chi connectivity index (χ4n) is 2.83. The predicted molar refractivity (Wildman–Crippen MR) is 93.3 cm³/mol. The number of anilines is 1. The molecule has 0 atom stereocenters. The van der Waals surface area contributed by atoms with Gasteiger partial charge < -0.3 is 14.7 Å². The van der Waals surface area contributed by atoms with E-state index in [2.05, 4.69) is 0 Å². The van der Waals surface area contributed by atoms with Crippen molar-refractivity contribution in [1.29, 1.82) is 0 Å². The summed E-state index contributed by atoms with van der Waals surface area (Å²) in [6.07, 6.45) is 1.23. The first kappa shape index (κ1) is 16.6. The first-order chi connectivity index (χ1) is 11.6. The van der Waals surface area contributed by atoms with Gasteiger partial charge in [0.25, 0.3) is 0 Å². The lowest BCUT2D eigenvalue weighted by Crippen LogP contribution is -2.26. The van der Waals surface area contributed by atoms with Crippen molar-refractivity contribution in [1.82, 2.24) is 0 Å². The fraction of sp³-hybridized carbons (Fsp3) is 0.278. The molecular formula is C18H18FNO3S.